The van der Waals surface area contributed by atoms with E-state index in [0.717, 1.165) is 32.1 Å². The molecule has 0 aromatic heterocycles. The molecule has 1 aromatic rings. The van der Waals surface area contributed by atoms with Gasteiger partial charge in [-0.05, 0) is 37.5 Å². The maximum Gasteiger partial charge on any atom is 0.265 e. The first kappa shape index (κ1) is 17.5. The van der Waals surface area contributed by atoms with Crippen LogP contribution >= 0.6 is 0 Å². The number of Topliss-reactive ketones (excluding diaryl/α,β-unsaturated/α-hetero) is 1. The second-order valence-electron chi connectivity index (χ2n) is 6.67. The molecule has 0 atom stereocenters. The van der Waals surface area contributed by atoms with E-state index in [9.17, 15) is 14.4 Å². The molecule has 1 heterocycles. The van der Waals surface area contributed by atoms with Gasteiger partial charge in [-0.3, -0.25) is 19.3 Å². The molecule has 0 unspecified atom stereocenters. The lowest BCUT2D eigenvalue weighted by Gasteiger charge is -2.29. The number of nitrogens with zero attached hydrogens (tertiary/aromatic N) is 1. The van der Waals surface area contributed by atoms with E-state index < -0.39 is 0 Å². The van der Waals surface area contributed by atoms with Crippen LogP contribution in [0.2, 0.25) is 0 Å². The van der Waals surface area contributed by atoms with Crippen molar-refractivity contribution in [2.24, 2.45) is 0 Å². The highest BCUT2D eigenvalue weighted by atomic mass is 16.5. The Bertz CT molecular complexity index is 680. The van der Waals surface area contributed by atoms with Crippen LogP contribution in [0.1, 0.15) is 55.8 Å². The molecule has 134 valence electrons. The standard InChI is InChI=1S/C19H24N2O4/c1-2-5-16(22)13-8-9-17-15(10-13)21(19(24)12-25-17)11-18(23)20-14-6-3-4-7-14/h8-10,14H,2-7,11-12H2,1H3,(H,20,23). The summed E-state index contributed by atoms with van der Waals surface area (Å²) in [6, 6.07) is 5.28. The Morgan fingerprint density at radius 1 is 1.28 bits per heavy atom. The highest BCUT2D eigenvalue weighted by Crippen LogP contribution is 2.33. The van der Waals surface area contributed by atoms with Crippen LogP contribution in [0.15, 0.2) is 18.2 Å². The van der Waals surface area contributed by atoms with Crippen molar-refractivity contribution < 1.29 is 19.1 Å². The van der Waals surface area contributed by atoms with Crippen LogP contribution in [0.25, 0.3) is 0 Å². The lowest BCUT2D eigenvalue weighted by Crippen LogP contribution is -2.47. The van der Waals surface area contributed by atoms with Crippen LogP contribution in [-0.4, -0.2) is 36.8 Å². The van der Waals surface area contributed by atoms with E-state index in [1.54, 1.807) is 18.2 Å². The first-order chi connectivity index (χ1) is 12.1. The van der Waals surface area contributed by atoms with Crippen LogP contribution in [0.4, 0.5) is 5.69 Å². The summed E-state index contributed by atoms with van der Waals surface area (Å²) in [5.74, 6) is 0.118. The molecule has 0 radical (unpaired) electrons. The van der Waals surface area contributed by atoms with Crippen molar-refractivity contribution in [1.82, 2.24) is 5.32 Å². The topological polar surface area (TPSA) is 75.7 Å². The zero-order valence-electron chi connectivity index (χ0n) is 14.5. The van der Waals surface area contributed by atoms with Crippen molar-refractivity contribution in [3.05, 3.63) is 23.8 Å². The van der Waals surface area contributed by atoms with E-state index in [4.69, 9.17) is 4.74 Å². The number of carbonyl (C=O) groups is 3. The van der Waals surface area contributed by atoms with E-state index in [2.05, 4.69) is 5.32 Å². The molecule has 1 saturated carbocycles. The van der Waals surface area contributed by atoms with Gasteiger partial charge in [-0.25, -0.2) is 0 Å². The minimum Gasteiger partial charge on any atom is -0.482 e. The highest BCUT2D eigenvalue weighted by molar-refractivity contribution is 6.04. The smallest absolute Gasteiger partial charge is 0.265 e. The molecule has 1 aromatic carbocycles. The number of ketones is 1. The fourth-order valence-corrected chi connectivity index (χ4v) is 3.41. The minimum atomic E-state index is -0.269. The highest BCUT2D eigenvalue weighted by Gasteiger charge is 2.29. The summed E-state index contributed by atoms with van der Waals surface area (Å²) in [5, 5.41) is 2.99. The van der Waals surface area contributed by atoms with Gasteiger partial charge in [0.15, 0.2) is 12.4 Å². The summed E-state index contributed by atoms with van der Waals surface area (Å²) in [4.78, 5) is 38.2. The van der Waals surface area contributed by atoms with Crippen LogP contribution in [0.3, 0.4) is 0 Å². The van der Waals surface area contributed by atoms with Gasteiger partial charge in [0.05, 0.1) is 5.69 Å². The van der Waals surface area contributed by atoms with Crippen molar-refractivity contribution in [2.45, 2.75) is 51.5 Å². The Balaban J connectivity index is 1.77. The van der Waals surface area contributed by atoms with E-state index in [0.29, 0.717) is 23.4 Å². The van der Waals surface area contributed by atoms with Gasteiger partial charge in [-0.15, -0.1) is 0 Å². The molecule has 1 aliphatic heterocycles. The molecule has 0 spiro atoms. The molecule has 6 heteroatoms. The van der Waals surface area contributed by atoms with Gasteiger partial charge in [-0.2, -0.15) is 0 Å². The molecule has 2 amide bonds. The lowest BCUT2D eigenvalue weighted by atomic mass is 10.0. The quantitative estimate of drug-likeness (QED) is 0.804. The number of hydrogen-bond donors (Lipinski definition) is 1. The summed E-state index contributed by atoms with van der Waals surface area (Å²) in [6.45, 7) is 1.81. The minimum absolute atomic E-state index is 0.0266. The second-order valence-corrected chi connectivity index (χ2v) is 6.67. The van der Waals surface area contributed by atoms with Crippen molar-refractivity contribution in [3.63, 3.8) is 0 Å². The summed E-state index contributed by atoms with van der Waals surface area (Å²) < 4.78 is 5.44. The van der Waals surface area contributed by atoms with E-state index in [1.165, 1.54) is 4.90 Å². The number of anilines is 1. The van der Waals surface area contributed by atoms with Crippen molar-refractivity contribution in [1.29, 1.82) is 0 Å². The van der Waals surface area contributed by atoms with Gasteiger partial charge in [0.25, 0.3) is 5.91 Å². The summed E-state index contributed by atoms with van der Waals surface area (Å²) in [5.41, 5.74) is 1.04. The van der Waals surface area contributed by atoms with Gasteiger partial charge in [0.2, 0.25) is 5.91 Å². The lowest BCUT2D eigenvalue weighted by molar-refractivity contribution is -0.125. The molecule has 0 saturated heterocycles. The van der Waals surface area contributed by atoms with E-state index >= 15 is 0 Å². The number of hydrogen-bond acceptors (Lipinski definition) is 4. The molecule has 6 nitrogen and oxygen atoms in total. The van der Waals surface area contributed by atoms with Crippen LogP contribution < -0.4 is 15.0 Å². The predicted octanol–water partition coefficient (Wildman–Crippen LogP) is 2.45. The first-order valence-corrected chi connectivity index (χ1v) is 8.98. The van der Waals surface area contributed by atoms with Gasteiger partial charge in [0.1, 0.15) is 12.3 Å². The number of nitrogens with one attached hydrogen (secondary N) is 1. The number of carbonyl (C=O) groups excluding carboxylic acids is 3. The van der Waals surface area contributed by atoms with Crippen molar-refractivity contribution in [3.8, 4) is 5.75 Å². The third-order valence-corrected chi connectivity index (χ3v) is 4.72. The summed E-state index contributed by atoms with van der Waals surface area (Å²) >= 11 is 0. The van der Waals surface area contributed by atoms with Gasteiger partial charge >= 0.3 is 0 Å². The Labute approximate surface area is 147 Å². The number of rotatable bonds is 6. The molecule has 2 aliphatic rings. The molecule has 1 fully saturated rings. The maximum atomic E-state index is 12.3. The SMILES string of the molecule is CCCC(=O)c1ccc2c(c1)N(CC(=O)NC1CCCC1)C(=O)CO2. The normalized spacial score (nSPS) is 17.2. The predicted molar refractivity (Wildman–Crippen MR) is 93.9 cm³/mol. The Morgan fingerprint density at radius 3 is 2.76 bits per heavy atom. The number of amides is 2. The van der Waals surface area contributed by atoms with Crippen LogP contribution in [0.5, 0.6) is 5.75 Å². The zero-order valence-corrected chi connectivity index (χ0v) is 14.5. The molecule has 25 heavy (non-hydrogen) atoms. The van der Waals surface area contributed by atoms with Crippen molar-refractivity contribution in [2.75, 3.05) is 18.1 Å². The van der Waals surface area contributed by atoms with Crippen LogP contribution in [-0.2, 0) is 9.59 Å². The monoisotopic (exact) mass is 344 g/mol. The molecule has 1 aliphatic carbocycles. The Hall–Kier alpha value is -2.37. The zero-order chi connectivity index (χ0) is 17.8. The average Bonchev–Trinajstić information content (AvgIpc) is 3.10. The van der Waals surface area contributed by atoms with Crippen LogP contribution in [0, 0.1) is 0 Å². The fraction of sp³-hybridized carbons (Fsp3) is 0.526. The number of fused-ring (bicyclic) bond motifs is 1. The molecular weight excluding hydrogens is 320 g/mol. The Kier molecular flexibility index (Phi) is 5.36. The molecule has 3 rings (SSSR count). The summed E-state index contributed by atoms with van der Waals surface area (Å²) in [7, 11) is 0. The summed E-state index contributed by atoms with van der Waals surface area (Å²) in [6.07, 6.45) is 5.47. The molecule has 1 N–H and O–H groups in total. The third kappa shape index (κ3) is 4.00. The third-order valence-electron chi connectivity index (χ3n) is 4.72. The molecular formula is C19H24N2O4. The maximum absolute atomic E-state index is 12.3. The largest absolute Gasteiger partial charge is 0.482 e. The van der Waals surface area contributed by atoms with Gasteiger partial charge < -0.3 is 10.1 Å². The first-order valence-electron chi connectivity index (χ1n) is 8.98. The number of ether oxygens (including phenoxy) is 1. The van der Waals surface area contributed by atoms with Crippen molar-refractivity contribution >= 4 is 23.3 Å². The average molecular weight is 344 g/mol. The van der Waals surface area contributed by atoms with Gasteiger partial charge in [-0.1, -0.05) is 19.8 Å². The number of benzene rings is 1. The molecule has 0 bridgehead atoms. The fourth-order valence-electron chi connectivity index (χ4n) is 3.41. The second kappa shape index (κ2) is 7.68. The van der Waals surface area contributed by atoms with Gasteiger partial charge in [0, 0.05) is 18.0 Å². The van der Waals surface area contributed by atoms with E-state index in [-0.39, 0.29) is 36.8 Å². The Morgan fingerprint density at radius 2 is 2.04 bits per heavy atom. The van der Waals surface area contributed by atoms with E-state index in [1.807, 2.05) is 6.92 Å².